The third kappa shape index (κ3) is 3.18. The molecule has 0 spiro atoms. The van der Waals surface area contributed by atoms with Crippen LogP contribution in [0.2, 0.25) is 0 Å². The van der Waals surface area contributed by atoms with Crippen LogP contribution in [0.5, 0.6) is 0 Å². The van der Waals surface area contributed by atoms with Gasteiger partial charge in [0.25, 0.3) is 0 Å². The van der Waals surface area contributed by atoms with E-state index in [9.17, 15) is 0 Å². The molecule has 1 unspecified atom stereocenters. The number of hydrogen-bond acceptors (Lipinski definition) is 4. The summed E-state index contributed by atoms with van der Waals surface area (Å²) in [6.07, 6.45) is 4.43. The fourth-order valence-electron chi connectivity index (χ4n) is 2.71. The Morgan fingerprint density at radius 2 is 2.30 bits per heavy atom. The van der Waals surface area contributed by atoms with Crippen molar-refractivity contribution in [3.05, 3.63) is 36.9 Å². The van der Waals surface area contributed by atoms with Crippen LogP contribution in [0.25, 0.3) is 11.3 Å². The molecule has 0 amide bonds. The van der Waals surface area contributed by atoms with Crippen molar-refractivity contribution in [2.24, 2.45) is 5.41 Å². The minimum absolute atomic E-state index is 0.420. The lowest BCUT2D eigenvalue weighted by Crippen LogP contribution is -2.35. The number of nitrogens with one attached hydrogen (secondary N) is 1. The van der Waals surface area contributed by atoms with Crippen molar-refractivity contribution in [3.63, 3.8) is 0 Å². The third-order valence-corrected chi connectivity index (χ3v) is 5.18. The molecule has 3 nitrogen and oxygen atoms in total. The molecule has 0 bridgehead atoms. The van der Waals surface area contributed by atoms with Crippen LogP contribution < -0.4 is 5.32 Å². The number of oxazole rings is 1. The first kappa shape index (κ1) is 13.6. The number of aromatic nitrogens is 1. The smallest absolute Gasteiger partial charge is 0.181 e. The topological polar surface area (TPSA) is 38.1 Å². The highest BCUT2D eigenvalue weighted by Gasteiger charge is 2.28. The zero-order valence-electron chi connectivity index (χ0n) is 11.9. The van der Waals surface area contributed by atoms with E-state index in [-0.39, 0.29) is 0 Å². The van der Waals surface area contributed by atoms with Gasteiger partial charge in [-0.25, -0.2) is 4.98 Å². The minimum Gasteiger partial charge on any atom is -0.444 e. The van der Waals surface area contributed by atoms with Gasteiger partial charge < -0.3 is 9.73 Å². The number of rotatable bonds is 3. The second kappa shape index (κ2) is 5.52. The van der Waals surface area contributed by atoms with Gasteiger partial charge in [0.15, 0.2) is 12.2 Å². The molecule has 1 aromatic heterocycles. The first-order chi connectivity index (χ1) is 9.62. The monoisotopic (exact) mass is 288 g/mol. The molecule has 1 N–H and O–H groups in total. The fraction of sp³-hybridized carbons (Fsp3) is 0.438. The molecule has 3 rings (SSSR count). The molecule has 2 heterocycles. The van der Waals surface area contributed by atoms with E-state index in [0.717, 1.165) is 17.0 Å². The summed E-state index contributed by atoms with van der Waals surface area (Å²) >= 11 is 2.04. The first-order valence-electron chi connectivity index (χ1n) is 6.96. The Balaban J connectivity index is 1.73. The first-order valence-corrected chi connectivity index (χ1v) is 8.11. The zero-order chi connectivity index (χ0) is 14.0. The largest absolute Gasteiger partial charge is 0.444 e. The summed E-state index contributed by atoms with van der Waals surface area (Å²) in [4.78, 5) is 3.97. The van der Waals surface area contributed by atoms with Gasteiger partial charge in [-0.2, -0.15) is 11.8 Å². The molecule has 1 aliphatic heterocycles. The van der Waals surface area contributed by atoms with Gasteiger partial charge in [0.1, 0.15) is 0 Å². The van der Waals surface area contributed by atoms with Crippen molar-refractivity contribution < 1.29 is 4.42 Å². The molecular weight excluding hydrogens is 268 g/mol. The van der Waals surface area contributed by atoms with Crippen molar-refractivity contribution >= 4 is 17.4 Å². The average molecular weight is 288 g/mol. The molecule has 1 saturated heterocycles. The predicted octanol–water partition coefficient (Wildman–Crippen LogP) is 4.29. The molecule has 2 aromatic rings. The summed E-state index contributed by atoms with van der Waals surface area (Å²) in [5.41, 5.74) is 2.64. The normalized spacial score (nSPS) is 21.6. The number of thioether (sulfide) groups is 1. The summed E-state index contributed by atoms with van der Waals surface area (Å²) in [6.45, 7) is 4.69. The summed E-state index contributed by atoms with van der Waals surface area (Å²) < 4.78 is 5.35. The highest BCUT2D eigenvalue weighted by Crippen LogP contribution is 2.35. The Kier molecular flexibility index (Phi) is 3.74. The Morgan fingerprint density at radius 1 is 1.40 bits per heavy atom. The molecular formula is C16H20N2OS. The Bertz CT molecular complexity index is 566. The number of benzene rings is 1. The maximum atomic E-state index is 5.35. The predicted molar refractivity (Wildman–Crippen MR) is 85.1 cm³/mol. The minimum atomic E-state index is 0.420. The zero-order valence-corrected chi connectivity index (χ0v) is 12.7. The van der Waals surface area contributed by atoms with Gasteiger partial charge in [-0.1, -0.05) is 26.0 Å². The molecule has 0 aliphatic carbocycles. The molecule has 106 valence electrons. The van der Waals surface area contributed by atoms with Crippen molar-refractivity contribution in [3.8, 4) is 11.3 Å². The molecule has 1 fully saturated rings. The average Bonchev–Trinajstić information content (AvgIpc) is 2.91. The van der Waals surface area contributed by atoms with Crippen molar-refractivity contribution in [1.29, 1.82) is 0 Å². The molecule has 0 radical (unpaired) electrons. The van der Waals surface area contributed by atoms with Gasteiger partial charge in [0.05, 0.1) is 6.20 Å². The van der Waals surface area contributed by atoms with Crippen molar-refractivity contribution in [2.45, 2.75) is 26.3 Å². The highest BCUT2D eigenvalue weighted by atomic mass is 32.2. The Labute approximate surface area is 124 Å². The summed E-state index contributed by atoms with van der Waals surface area (Å²) in [5, 5.41) is 3.66. The van der Waals surface area contributed by atoms with Crippen LogP contribution in [0.1, 0.15) is 20.3 Å². The van der Waals surface area contributed by atoms with E-state index in [1.807, 2.05) is 17.8 Å². The van der Waals surface area contributed by atoms with Gasteiger partial charge in [-0.15, -0.1) is 0 Å². The number of nitrogens with zero attached hydrogens (tertiary/aromatic N) is 1. The standard InChI is InChI=1S/C16H20N2OS/c1-16(2)7-14(9-20-10-16)18-13-5-3-4-12(6-13)15-8-17-11-19-15/h3-6,8,11,14,18H,7,9-10H2,1-2H3. The third-order valence-electron chi connectivity index (χ3n) is 3.56. The molecule has 20 heavy (non-hydrogen) atoms. The Morgan fingerprint density at radius 3 is 3.05 bits per heavy atom. The van der Waals surface area contributed by atoms with Gasteiger partial charge >= 0.3 is 0 Å². The molecule has 1 aromatic carbocycles. The maximum Gasteiger partial charge on any atom is 0.181 e. The lowest BCUT2D eigenvalue weighted by Gasteiger charge is -2.35. The second-order valence-electron chi connectivity index (χ2n) is 6.17. The van der Waals surface area contributed by atoms with E-state index in [2.05, 4.69) is 42.3 Å². The lowest BCUT2D eigenvalue weighted by atomic mass is 9.88. The van der Waals surface area contributed by atoms with Crippen molar-refractivity contribution in [2.75, 3.05) is 16.8 Å². The molecule has 1 atom stereocenters. The SMILES string of the molecule is CC1(C)CSCC(Nc2cccc(-c3cnco3)c2)C1. The van der Waals surface area contributed by atoms with Gasteiger partial charge in [-0.05, 0) is 29.7 Å². The summed E-state index contributed by atoms with van der Waals surface area (Å²) in [7, 11) is 0. The van der Waals surface area contributed by atoms with Crippen LogP contribution >= 0.6 is 11.8 Å². The molecule has 0 saturated carbocycles. The van der Waals surface area contributed by atoms with E-state index >= 15 is 0 Å². The van der Waals surface area contributed by atoms with Gasteiger partial charge in [-0.3, -0.25) is 0 Å². The Hall–Kier alpha value is -1.42. The van der Waals surface area contributed by atoms with Crippen LogP contribution in [0.15, 0.2) is 41.3 Å². The highest BCUT2D eigenvalue weighted by molar-refractivity contribution is 7.99. The van der Waals surface area contributed by atoms with Gasteiger partial charge in [0.2, 0.25) is 0 Å². The summed E-state index contributed by atoms with van der Waals surface area (Å²) in [5.74, 6) is 3.24. The molecule has 4 heteroatoms. The van der Waals surface area contributed by atoms with Crippen LogP contribution in [-0.2, 0) is 0 Å². The van der Waals surface area contributed by atoms with E-state index in [1.54, 1.807) is 6.20 Å². The molecule has 1 aliphatic rings. The van der Waals surface area contributed by atoms with Gasteiger partial charge in [0, 0.05) is 23.0 Å². The number of anilines is 1. The second-order valence-corrected chi connectivity index (χ2v) is 7.20. The van der Waals surface area contributed by atoms with Crippen LogP contribution in [0.3, 0.4) is 0 Å². The summed E-state index contributed by atoms with van der Waals surface area (Å²) in [6, 6.07) is 8.89. The van der Waals surface area contributed by atoms with Crippen LogP contribution in [-0.4, -0.2) is 22.5 Å². The lowest BCUT2D eigenvalue weighted by molar-refractivity contribution is 0.358. The van der Waals surface area contributed by atoms with E-state index in [1.165, 1.54) is 24.3 Å². The van der Waals surface area contributed by atoms with E-state index in [4.69, 9.17) is 4.42 Å². The quantitative estimate of drug-likeness (QED) is 0.914. The van der Waals surface area contributed by atoms with Crippen LogP contribution in [0.4, 0.5) is 5.69 Å². The fourth-order valence-corrected chi connectivity index (χ4v) is 3.99. The van der Waals surface area contributed by atoms with E-state index in [0.29, 0.717) is 11.5 Å². The van der Waals surface area contributed by atoms with Crippen LogP contribution in [0, 0.1) is 5.41 Å². The number of hydrogen-bond donors (Lipinski definition) is 1. The maximum absolute atomic E-state index is 5.35. The van der Waals surface area contributed by atoms with E-state index < -0.39 is 0 Å². The van der Waals surface area contributed by atoms with Crippen molar-refractivity contribution in [1.82, 2.24) is 4.98 Å².